The Morgan fingerprint density at radius 1 is 1.23 bits per heavy atom. The summed E-state index contributed by atoms with van der Waals surface area (Å²) < 4.78 is 26.0. The van der Waals surface area contributed by atoms with Crippen LogP contribution in [0.1, 0.15) is 24.2 Å². The first kappa shape index (κ1) is 15.9. The molecule has 114 valence electrons. The van der Waals surface area contributed by atoms with Gasteiger partial charge in [0, 0.05) is 6.04 Å². The molecule has 0 spiro atoms. The molecule has 22 heavy (non-hydrogen) atoms. The third-order valence-corrected chi connectivity index (χ3v) is 4.58. The zero-order chi connectivity index (χ0) is 16.2. The first-order valence-electron chi connectivity index (χ1n) is 6.63. The van der Waals surface area contributed by atoms with Crippen LogP contribution in [0.3, 0.4) is 0 Å². The highest BCUT2D eigenvalue weighted by molar-refractivity contribution is 7.89. The van der Waals surface area contributed by atoms with Crippen molar-refractivity contribution in [3.05, 3.63) is 53.7 Å². The summed E-state index contributed by atoms with van der Waals surface area (Å²) in [5.41, 5.74) is 1.13. The van der Waals surface area contributed by atoms with Crippen molar-refractivity contribution in [2.45, 2.75) is 17.9 Å². The topological polar surface area (TPSA) is 94.9 Å². The van der Waals surface area contributed by atoms with Crippen LogP contribution in [0, 0.1) is 11.3 Å². The highest BCUT2D eigenvalue weighted by Crippen LogP contribution is 2.20. The number of nitriles is 1. The molecule has 0 bridgehead atoms. The molecule has 0 fully saturated rings. The number of aromatic nitrogens is 1. The molecular weight excluding hydrogens is 300 g/mol. The Morgan fingerprint density at radius 2 is 1.95 bits per heavy atom. The maximum Gasteiger partial charge on any atom is 0.240 e. The molecule has 0 aliphatic carbocycles. The molecule has 0 saturated heterocycles. The Morgan fingerprint density at radius 3 is 2.64 bits per heavy atom. The number of pyridine rings is 1. The second-order valence-electron chi connectivity index (χ2n) is 4.67. The minimum absolute atomic E-state index is 0.159. The molecule has 0 aliphatic heterocycles. The van der Waals surface area contributed by atoms with Gasteiger partial charge in [0.1, 0.15) is 17.6 Å². The van der Waals surface area contributed by atoms with Crippen molar-refractivity contribution >= 4 is 15.8 Å². The minimum Gasteiger partial charge on any atom is -0.364 e. The lowest BCUT2D eigenvalue weighted by molar-refractivity contribution is 0.588. The van der Waals surface area contributed by atoms with Gasteiger partial charge in [0.05, 0.1) is 4.90 Å². The zero-order valence-electron chi connectivity index (χ0n) is 12.2. The van der Waals surface area contributed by atoms with E-state index < -0.39 is 10.0 Å². The van der Waals surface area contributed by atoms with Crippen LogP contribution in [0.25, 0.3) is 0 Å². The van der Waals surface area contributed by atoms with E-state index in [2.05, 4.69) is 15.0 Å². The number of hydrogen-bond donors (Lipinski definition) is 2. The van der Waals surface area contributed by atoms with E-state index in [0.717, 1.165) is 5.56 Å². The quantitative estimate of drug-likeness (QED) is 0.880. The summed E-state index contributed by atoms with van der Waals surface area (Å²) in [7, 11) is -2.10. The molecule has 0 radical (unpaired) electrons. The third-order valence-electron chi connectivity index (χ3n) is 3.17. The summed E-state index contributed by atoms with van der Waals surface area (Å²) in [5.74, 6) is 0.563. The second-order valence-corrected chi connectivity index (χ2v) is 6.55. The molecular formula is C15H16N4O2S. The lowest BCUT2D eigenvalue weighted by atomic mass is 10.1. The molecule has 0 saturated carbocycles. The number of anilines is 1. The van der Waals surface area contributed by atoms with E-state index in [9.17, 15) is 8.42 Å². The van der Waals surface area contributed by atoms with Crippen molar-refractivity contribution in [3.63, 3.8) is 0 Å². The normalized spacial score (nSPS) is 12.4. The maximum atomic E-state index is 11.8. The highest BCUT2D eigenvalue weighted by Gasteiger charge is 2.14. The van der Waals surface area contributed by atoms with E-state index in [0.29, 0.717) is 11.5 Å². The summed E-state index contributed by atoms with van der Waals surface area (Å²) in [5, 5.41) is 12.0. The van der Waals surface area contributed by atoms with Crippen molar-refractivity contribution in [2.75, 3.05) is 12.4 Å². The van der Waals surface area contributed by atoms with Gasteiger partial charge in [-0.3, -0.25) is 0 Å². The molecule has 2 aromatic rings. The smallest absolute Gasteiger partial charge is 0.240 e. The van der Waals surface area contributed by atoms with Crippen molar-refractivity contribution in [2.24, 2.45) is 0 Å². The number of sulfonamides is 1. The van der Waals surface area contributed by atoms with Crippen molar-refractivity contribution in [3.8, 4) is 6.07 Å². The standard InChI is InChI=1S/C15H16N4O2S/c1-11(18-15-8-4-6-13(10-16)19-15)12-5-3-7-14(9-12)22(20,21)17-2/h3-9,11,17H,1-2H3,(H,18,19). The molecule has 1 unspecified atom stereocenters. The van der Waals surface area contributed by atoms with Crippen LogP contribution in [0.5, 0.6) is 0 Å². The lowest BCUT2D eigenvalue weighted by Gasteiger charge is -2.16. The molecule has 1 aromatic carbocycles. The Balaban J connectivity index is 2.25. The van der Waals surface area contributed by atoms with Gasteiger partial charge in [0.15, 0.2) is 0 Å². The van der Waals surface area contributed by atoms with Gasteiger partial charge in [0.2, 0.25) is 10.0 Å². The van der Waals surface area contributed by atoms with Gasteiger partial charge in [-0.15, -0.1) is 0 Å². The van der Waals surface area contributed by atoms with Crippen LogP contribution < -0.4 is 10.0 Å². The second kappa shape index (κ2) is 6.56. The van der Waals surface area contributed by atoms with E-state index in [1.54, 1.807) is 30.3 Å². The van der Waals surface area contributed by atoms with Crippen LogP contribution in [-0.2, 0) is 10.0 Å². The monoisotopic (exact) mass is 316 g/mol. The SMILES string of the molecule is CNS(=O)(=O)c1cccc(C(C)Nc2cccc(C#N)n2)c1. The van der Waals surface area contributed by atoms with E-state index in [1.807, 2.05) is 19.1 Å². The number of nitrogens with zero attached hydrogens (tertiary/aromatic N) is 2. The largest absolute Gasteiger partial charge is 0.364 e. The first-order valence-corrected chi connectivity index (χ1v) is 8.12. The minimum atomic E-state index is -3.47. The fourth-order valence-electron chi connectivity index (χ4n) is 1.95. The molecule has 0 aliphatic rings. The van der Waals surface area contributed by atoms with Crippen molar-refractivity contribution in [1.29, 1.82) is 5.26 Å². The van der Waals surface area contributed by atoms with Crippen LogP contribution in [0.4, 0.5) is 5.82 Å². The first-order chi connectivity index (χ1) is 10.5. The molecule has 1 aromatic heterocycles. The molecule has 6 nitrogen and oxygen atoms in total. The molecule has 1 heterocycles. The van der Waals surface area contributed by atoms with E-state index in [1.165, 1.54) is 13.1 Å². The zero-order valence-corrected chi connectivity index (χ0v) is 13.1. The van der Waals surface area contributed by atoms with Gasteiger partial charge in [-0.05, 0) is 43.8 Å². The maximum absolute atomic E-state index is 11.8. The molecule has 7 heteroatoms. The third kappa shape index (κ3) is 3.61. The van der Waals surface area contributed by atoms with E-state index in [-0.39, 0.29) is 10.9 Å². The van der Waals surface area contributed by atoms with Crippen LogP contribution in [0.2, 0.25) is 0 Å². The van der Waals surface area contributed by atoms with Gasteiger partial charge in [0.25, 0.3) is 0 Å². The Bertz CT molecular complexity index is 812. The van der Waals surface area contributed by atoms with Gasteiger partial charge < -0.3 is 5.32 Å². The van der Waals surface area contributed by atoms with Gasteiger partial charge in [-0.2, -0.15) is 5.26 Å². The lowest BCUT2D eigenvalue weighted by Crippen LogP contribution is -2.19. The Labute approximate surface area is 129 Å². The Hall–Kier alpha value is -2.43. The molecule has 2 N–H and O–H groups in total. The van der Waals surface area contributed by atoms with Crippen LogP contribution in [-0.4, -0.2) is 20.4 Å². The fourth-order valence-corrected chi connectivity index (χ4v) is 2.74. The average molecular weight is 316 g/mol. The predicted octanol–water partition coefficient (Wildman–Crippen LogP) is 2.03. The highest BCUT2D eigenvalue weighted by atomic mass is 32.2. The number of rotatable bonds is 5. The Kier molecular flexibility index (Phi) is 4.75. The van der Waals surface area contributed by atoms with E-state index >= 15 is 0 Å². The average Bonchev–Trinajstić information content (AvgIpc) is 2.55. The van der Waals surface area contributed by atoms with Gasteiger partial charge >= 0.3 is 0 Å². The number of hydrogen-bond acceptors (Lipinski definition) is 5. The summed E-state index contributed by atoms with van der Waals surface area (Å²) in [6.07, 6.45) is 0. The molecule has 2 rings (SSSR count). The molecule has 0 amide bonds. The van der Waals surface area contributed by atoms with Gasteiger partial charge in [-0.1, -0.05) is 18.2 Å². The summed E-state index contributed by atoms with van der Waals surface area (Å²) >= 11 is 0. The van der Waals surface area contributed by atoms with Crippen LogP contribution >= 0.6 is 0 Å². The summed E-state index contributed by atoms with van der Waals surface area (Å²) in [4.78, 5) is 4.35. The number of benzene rings is 1. The van der Waals surface area contributed by atoms with E-state index in [4.69, 9.17) is 5.26 Å². The summed E-state index contributed by atoms with van der Waals surface area (Å²) in [6, 6.07) is 13.6. The molecule has 1 atom stereocenters. The van der Waals surface area contributed by atoms with Crippen LogP contribution in [0.15, 0.2) is 47.4 Å². The van der Waals surface area contributed by atoms with Crippen molar-refractivity contribution < 1.29 is 8.42 Å². The number of nitrogens with one attached hydrogen (secondary N) is 2. The fraction of sp³-hybridized carbons (Fsp3) is 0.200. The predicted molar refractivity (Wildman–Crippen MR) is 83.7 cm³/mol. The van der Waals surface area contributed by atoms with Gasteiger partial charge in [-0.25, -0.2) is 18.1 Å². The van der Waals surface area contributed by atoms with Crippen molar-refractivity contribution in [1.82, 2.24) is 9.71 Å². The summed E-state index contributed by atoms with van der Waals surface area (Å²) in [6.45, 7) is 1.89.